The van der Waals surface area contributed by atoms with Crippen LogP contribution in [-0.2, 0) is 12.8 Å². The van der Waals surface area contributed by atoms with Crippen molar-refractivity contribution in [3.8, 4) is 11.5 Å². The molecular weight excluding hydrogens is 617 g/mol. The van der Waals surface area contributed by atoms with E-state index in [1.807, 2.05) is 0 Å². The molecule has 1 heteroatoms. The smallest absolute Gasteiger partial charge is 0.131 e. The first-order chi connectivity index (χ1) is 25.3. The molecule has 2 saturated carbocycles. The van der Waals surface area contributed by atoms with Gasteiger partial charge in [-0.1, -0.05) is 205 Å². The molecular formula is C50H82O. The molecule has 2 fully saturated rings. The van der Waals surface area contributed by atoms with Crippen LogP contribution in [-0.4, -0.2) is 0 Å². The van der Waals surface area contributed by atoms with E-state index in [-0.39, 0.29) is 0 Å². The lowest BCUT2D eigenvalue weighted by atomic mass is 9.78. The summed E-state index contributed by atoms with van der Waals surface area (Å²) in [4.78, 5) is 0. The van der Waals surface area contributed by atoms with E-state index >= 15 is 0 Å². The molecule has 0 heterocycles. The fraction of sp³-hybridized carbons (Fsp3) is 0.760. The quantitative estimate of drug-likeness (QED) is 0.0804. The second kappa shape index (κ2) is 26.9. The normalized spacial score (nSPS) is 15.8. The Morgan fingerprint density at radius 3 is 1.41 bits per heavy atom. The molecule has 2 aromatic rings. The summed E-state index contributed by atoms with van der Waals surface area (Å²) < 4.78 is 7.16. The van der Waals surface area contributed by atoms with Crippen molar-refractivity contribution in [1.29, 1.82) is 0 Å². The maximum absolute atomic E-state index is 7.16. The van der Waals surface area contributed by atoms with E-state index in [9.17, 15) is 0 Å². The zero-order valence-electron chi connectivity index (χ0n) is 34.1. The van der Waals surface area contributed by atoms with Crippen LogP contribution in [0.3, 0.4) is 0 Å². The molecule has 2 aromatic carbocycles. The molecule has 51 heavy (non-hydrogen) atoms. The zero-order valence-corrected chi connectivity index (χ0v) is 34.1. The second-order valence-corrected chi connectivity index (χ2v) is 17.0. The minimum atomic E-state index is 0.657. The number of aryl methyl sites for hydroxylation is 1. The van der Waals surface area contributed by atoms with Crippen LogP contribution in [0.5, 0.6) is 11.5 Å². The van der Waals surface area contributed by atoms with Gasteiger partial charge in [0, 0.05) is 5.56 Å². The number of benzene rings is 2. The molecule has 0 unspecified atom stereocenters. The van der Waals surface area contributed by atoms with Gasteiger partial charge >= 0.3 is 0 Å². The van der Waals surface area contributed by atoms with Crippen molar-refractivity contribution in [1.82, 2.24) is 0 Å². The largest absolute Gasteiger partial charge is 0.457 e. The standard InChI is InChI=1S/C50H82O/c1-3-5-7-9-11-13-15-17-19-21-25-35-44-41-42-49(51-48-40-32-31-38-46(48)43-33-26-23-27-34-43)50(45-36-28-24-29-37-45)47(44)39-30-22-20-18-16-14-12-10-8-6-4-2/h31-32,38,40-43,45H,3-30,33-37,39H2,1-2H3. The zero-order chi connectivity index (χ0) is 35.6. The van der Waals surface area contributed by atoms with E-state index in [0.717, 1.165) is 5.75 Å². The summed E-state index contributed by atoms with van der Waals surface area (Å²) in [6, 6.07) is 14.0. The molecule has 0 bridgehead atoms. The molecule has 2 aliphatic carbocycles. The summed E-state index contributed by atoms with van der Waals surface area (Å²) in [5, 5.41) is 0. The van der Waals surface area contributed by atoms with Crippen LogP contribution in [0.2, 0.25) is 0 Å². The number of hydrogen-bond donors (Lipinski definition) is 0. The summed E-state index contributed by atoms with van der Waals surface area (Å²) in [5.74, 6) is 3.66. The molecule has 0 atom stereocenters. The van der Waals surface area contributed by atoms with Gasteiger partial charge in [-0.15, -0.1) is 0 Å². The molecule has 0 aliphatic heterocycles. The number of para-hydroxylation sites is 1. The topological polar surface area (TPSA) is 9.23 Å². The highest BCUT2D eigenvalue weighted by Crippen LogP contribution is 2.45. The third kappa shape index (κ3) is 16.0. The molecule has 0 amide bonds. The Kier molecular flexibility index (Phi) is 22.2. The van der Waals surface area contributed by atoms with Gasteiger partial charge in [0.2, 0.25) is 0 Å². The van der Waals surface area contributed by atoms with Crippen LogP contribution in [0.25, 0.3) is 0 Å². The van der Waals surface area contributed by atoms with Gasteiger partial charge in [-0.2, -0.15) is 0 Å². The first-order valence-corrected chi connectivity index (χ1v) is 23.2. The first kappa shape index (κ1) is 42.0. The SMILES string of the molecule is CCCCCCCCCCCCCc1ccc(Oc2ccccc2C2CCCCC2)c(C2CCCCC2)c1CCCCCCCCCCCCC. The Morgan fingerprint density at radius 2 is 0.882 bits per heavy atom. The lowest BCUT2D eigenvalue weighted by Gasteiger charge is -2.29. The van der Waals surface area contributed by atoms with Crippen LogP contribution in [0.4, 0.5) is 0 Å². The molecule has 288 valence electrons. The van der Waals surface area contributed by atoms with Crippen molar-refractivity contribution < 1.29 is 4.74 Å². The van der Waals surface area contributed by atoms with Crippen molar-refractivity contribution in [2.24, 2.45) is 0 Å². The Bertz CT molecular complexity index is 1140. The number of ether oxygens (including phenoxy) is 1. The fourth-order valence-electron chi connectivity index (χ4n) is 9.53. The molecule has 0 N–H and O–H groups in total. The molecule has 2 aliphatic rings. The Balaban J connectivity index is 1.42. The molecule has 0 spiro atoms. The predicted octanol–water partition coefficient (Wildman–Crippen LogP) is 17.3. The predicted molar refractivity (Wildman–Crippen MR) is 225 cm³/mol. The minimum absolute atomic E-state index is 0.657. The van der Waals surface area contributed by atoms with Crippen molar-refractivity contribution >= 4 is 0 Å². The molecule has 4 rings (SSSR count). The number of rotatable bonds is 28. The van der Waals surface area contributed by atoms with E-state index in [4.69, 9.17) is 4.74 Å². The van der Waals surface area contributed by atoms with Crippen LogP contribution < -0.4 is 4.74 Å². The van der Waals surface area contributed by atoms with Crippen molar-refractivity contribution in [2.75, 3.05) is 0 Å². The number of hydrogen-bond acceptors (Lipinski definition) is 1. The molecule has 0 saturated heterocycles. The average Bonchev–Trinajstić information content (AvgIpc) is 3.17. The van der Waals surface area contributed by atoms with E-state index in [0.29, 0.717) is 11.8 Å². The van der Waals surface area contributed by atoms with Crippen LogP contribution in [0.1, 0.15) is 253 Å². The first-order valence-electron chi connectivity index (χ1n) is 23.2. The maximum Gasteiger partial charge on any atom is 0.131 e. The van der Waals surface area contributed by atoms with E-state index in [1.165, 1.54) is 230 Å². The van der Waals surface area contributed by atoms with Gasteiger partial charge in [0.15, 0.2) is 0 Å². The molecule has 0 radical (unpaired) electrons. The lowest BCUT2D eigenvalue weighted by Crippen LogP contribution is -2.12. The summed E-state index contributed by atoms with van der Waals surface area (Å²) in [7, 11) is 0. The van der Waals surface area contributed by atoms with E-state index in [2.05, 4.69) is 50.2 Å². The fourth-order valence-corrected chi connectivity index (χ4v) is 9.53. The average molecular weight is 699 g/mol. The van der Waals surface area contributed by atoms with Crippen LogP contribution in [0, 0.1) is 0 Å². The van der Waals surface area contributed by atoms with Crippen LogP contribution >= 0.6 is 0 Å². The highest BCUT2D eigenvalue weighted by Gasteiger charge is 2.26. The Labute approximate surface area is 317 Å². The highest BCUT2D eigenvalue weighted by atomic mass is 16.5. The van der Waals surface area contributed by atoms with Gasteiger partial charge in [0.1, 0.15) is 11.5 Å². The maximum atomic E-state index is 7.16. The molecule has 1 nitrogen and oxygen atoms in total. The van der Waals surface area contributed by atoms with Crippen LogP contribution in [0.15, 0.2) is 36.4 Å². The third-order valence-electron chi connectivity index (χ3n) is 12.7. The summed E-state index contributed by atoms with van der Waals surface area (Å²) in [6.45, 7) is 4.64. The minimum Gasteiger partial charge on any atom is -0.457 e. The second-order valence-electron chi connectivity index (χ2n) is 17.0. The highest BCUT2D eigenvalue weighted by molar-refractivity contribution is 5.51. The van der Waals surface area contributed by atoms with Crippen molar-refractivity contribution in [3.05, 3.63) is 58.7 Å². The third-order valence-corrected chi connectivity index (χ3v) is 12.7. The number of unbranched alkanes of at least 4 members (excludes halogenated alkanes) is 20. The Morgan fingerprint density at radius 1 is 0.431 bits per heavy atom. The van der Waals surface area contributed by atoms with Gasteiger partial charge in [-0.25, -0.2) is 0 Å². The summed E-state index contributed by atoms with van der Waals surface area (Å²) >= 11 is 0. The summed E-state index contributed by atoms with van der Waals surface area (Å²) in [5.41, 5.74) is 6.45. The van der Waals surface area contributed by atoms with Crippen molar-refractivity contribution in [2.45, 2.75) is 244 Å². The van der Waals surface area contributed by atoms with Gasteiger partial charge in [0.05, 0.1) is 0 Å². The van der Waals surface area contributed by atoms with Gasteiger partial charge in [-0.05, 0) is 92.0 Å². The van der Waals surface area contributed by atoms with Crippen molar-refractivity contribution in [3.63, 3.8) is 0 Å². The lowest BCUT2D eigenvalue weighted by molar-refractivity contribution is 0.401. The van der Waals surface area contributed by atoms with E-state index < -0.39 is 0 Å². The van der Waals surface area contributed by atoms with Gasteiger partial charge in [-0.3, -0.25) is 0 Å². The monoisotopic (exact) mass is 699 g/mol. The summed E-state index contributed by atoms with van der Waals surface area (Å²) in [6.07, 6.45) is 47.2. The van der Waals surface area contributed by atoms with Gasteiger partial charge < -0.3 is 4.74 Å². The molecule has 0 aromatic heterocycles. The van der Waals surface area contributed by atoms with Gasteiger partial charge in [0.25, 0.3) is 0 Å². The van der Waals surface area contributed by atoms with E-state index in [1.54, 1.807) is 16.7 Å². The Hall–Kier alpha value is -1.76.